The lowest BCUT2D eigenvalue weighted by molar-refractivity contribution is 0.389. The molecule has 1 unspecified atom stereocenters. The molecule has 0 aliphatic carbocycles. The Balaban J connectivity index is 3.94. The topological polar surface area (TPSA) is 26.0 Å². The van der Waals surface area contributed by atoms with Crippen molar-refractivity contribution in [1.29, 1.82) is 0 Å². The molecule has 0 aromatic carbocycles. The predicted molar refractivity (Wildman–Crippen MR) is 47.0 cm³/mol. The Labute approximate surface area is 68.2 Å². The van der Waals surface area contributed by atoms with Crippen LogP contribution in [0.2, 0.25) is 0 Å². The minimum Gasteiger partial charge on any atom is -0.328 e. The van der Waals surface area contributed by atoms with Crippen LogP contribution >= 0.6 is 11.6 Å². The molecule has 0 aliphatic rings. The summed E-state index contributed by atoms with van der Waals surface area (Å²) >= 11 is 5.72. The first-order valence-electron chi connectivity index (χ1n) is 3.56. The van der Waals surface area contributed by atoms with Gasteiger partial charge in [-0.1, -0.05) is 32.0 Å². The summed E-state index contributed by atoms with van der Waals surface area (Å²) in [7, 11) is 0. The highest BCUT2D eigenvalue weighted by atomic mass is 35.5. The molecular weight excluding hydrogens is 146 g/mol. The predicted octanol–water partition coefficient (Wildman–Crippen LogP) is 2.36. The lowest BCUT2D eigenvalue weighted by Crippen LogP contribution is -2.29. The number of allylic oxidation sites excluding steroid dienone is 1. The molecule has 1 nitrogen and oxygen atoms in total. The van der Waals surface area contributed by atoms with E-state index in [2.05, 4.69) is 13.5 Å². The van der Waals surface area contributed by atoms with Gasteiger partial charge in [0.2, 0.25) is 0 Å². The van der Waals surface area contributed by atoms with E-state index in [1.165, 1.54) is 0 Å². The van der Waals surface area contributed by atoms with Gasteiger partial charge in [0.15, 0.2) is 0 Å². The van der Waals surface area contributed by atoms with Crippen molar-refractivity contribution < 1.29 is 0 Å². The molecule has 60 valence electrons. The van der Waals surface area contributed by atoms with Crippen molar-refractivity contribution in [2.45, 2.75) is 26.8 Å². The summed E-state index contributed by atoms with van der Waals surface area (Å²) in [5.41, 5.74) is 5.67. The van der Waals surface area contributed by atoms with Gasteiger partial charge in [-0.25, -0.2) is 0 Å². The summed E-state index contributed by atoms with van der Waals surface area (Å²) in [5, 5.41) is 0.699. The number of rotatable bonds is 3. The maximum absolute atomic E-state index is 5.72. The summed E-state index contributed by atoms with van der Waals surface area (Å²) in [6, 6.07) is 0.186. The van der Waals surface area contributed by atoms with Crippen molar-refractivity contribution in [1.82, 2.24) is 0 Å². The molecular formula is C8H16ClN. The van der Waals surface area contributed by atoms with Crippen LogP contribution in [-0.2, 0) is 0 Å². The van der Waals surface area contributed by atoms with Crippen LogP contribution in [0.5, 0.6) is 0 Å². The lowest BCUT2D eigenvalue weighted by Gasteiger charge is -2.21. The quantitative estimate of drug-likeness (QED) is 0.676. The van der Waals surface area contributed by atoms with Crippen LogP contribution in [0, 0.1) is 11.8 Å². The highest BCUT2D eigenvalue weighted by Gasteiger charge is 2.17. The molecule has 0 aromatic rings. The minimum atomic E-state index is 0.186. The standard InChI is InChI=1S/C8H16ClN/c1-5(7(3)9)6(2)8(4)10/h5-6,8H,3,10H2,1-2,4H3/t5?,6-,8+/m1/s1. The molecule has 0 saturated heterocycles. The zero-order valence-corrected chi connectivity index (χ0v) is 7.65. The average molecular weight is 162 g/mol. The molecule has 0 amide bonds. The maximum atomic E-state index is 5.72. The first kappa shape index (κ1) is 9.99. The summed E-state index contributed by atoms with van der Waals surface area (Å²) in [6.45, 7) is 9.79. The average Bonchev–Trinajstić information content (AvgIpc) is 1.84. The molecule has 0 heterocycles. The van der Waals surface area contributed by atoms with Gasteiger partial charge in [0.1, 0.15) is 0 Å². The fourth-order valence-corrected chi connectivity index (χ4v) is 0.939. The minimum absolute atomic E-state index is 0.186. The smallest absolute Gasteiger partial charge is 0.0140 e. The first-order valence-corrected chi connectivity index (χ1v) is 3.94. The zero-order chi connectivity index (χ0) is 8.31. The molecule has 0 aliphatic heterocycles. The van der Waals surface area contributed by atoms with Gasteiger partial charge in [0.25, 0.3) is 0 Å². The van der Waals surface area contributed by atoms with E-state index in [1.807, 2.05) is 13.8 Å². The Bertz CT molecular complexity index is 120. The van der Waals surface area contributed by atoms with Crippen LogP contribution < -0.4 is 5.73 Å². The number of hydrogen-bond donors (Lipinski definition) is 1. The Morgan fingerprint density at radius 2 is 1.80 bits per heavy atom. The number of nitrogens with two attached hydrogens (primary N) is 1. The van der Waals surface area contributed by atoms with Crippen molar-refractivity contribution in [2.75, 3.05) is 0 Å². The van der Waals surface area contributed by atoms with Crippen molar-refractivity contribution >= 4 is 11.6 Å². The largest absolute Gasteiger partial charge is 0.328 e. The third-order valence-corrected chi connectivity index (χ3v) is 2.46. The fourth-order valence-electron chi connectivity index (χ4n) is 0.741. The fraction of sp³-hybridized carbons (Fsp3) is 0.750. The Kier molecular flexibility index (Phi) is 3.99. The monoisotopic (exact) mass is 161 g/mol. The SMILES string of the molecule is C=C(Cl)C(C)[C@@H](C)[C@H](C)N. The van der Waals surface area contributed by atoms with Crippen LogP contribution in [0.25, 0.3) is 0 Å². The second kappa shape index (κ2) is 3.99. The maximum Gasteiger partial charge on any atom is 0.0140 e. The zero-order valence-electron chi connectivity index (χ0n) is 6.89. The van der Waals surface area contributed by atoms with Crippen molar-refractivity contribution in [2.24, 2.45) is 17.6 Å². The normalized spacial score (nSPS) is 19.7. The van der Waals surface area contributed by atoms with Crippen LogP contribution in [-0.4, -0.2) is 6.04 Å². The van der Waals surface area contributed by atoms with Gasteiger partial charge < -0.3 is 5.73 Å². The molecule has 3 atom stereocenters. The summed E-state index contributed by atoms with van der Waals surface area (Å²) in [4.78, 5) is 0. The first-order chi connectivity index (χ1) is 4.46. The molecule has 0 radical (unpaired) electrons. The van der Waals surface area contributed by atoms with Crippen LogP contribution in [0.3, 0.4) is 0 Å². The van der Waals surface area contributed by atoms with Gasteiger partial charge >= 0.3 is 0 Å². The van der Waals surface area contributed by atoms with Crippen molar-refractivity contribution in [3.05, 3.63) is 11.6 Å². The Morgan fingerprint density at radius 1 is 1.40 bits per heavy atom. The summed E-state index contributed by atoms with van der Waals surface area (Å²) in [5.74, 6) is 0.715. The van der Waals surface area contributed by atoms with Gasteiger partial charge in [-0.2, -0.15) is 0 Å². The highest BCUT2D eigenvalue weighted by Crippen LogP contribution is 2.23. The molecule has 0 saturated carbocycles. The number of halogens is 1. The molecule has 0 bridgehead atoms. The number of hydrogen-bond acceptors (Lipinski definition) is 1. The lowest BCUT2D eigenvalue weighted by atomic mass is 9.90. The van der Waals surface area contributed by atoms with Crippen molar-refractivity contribution in [3.8, 4) is 0 Å². The van der Waals surface area contributed by atoms with Crippen LogP contribution in [0.4, 0.5) is 0 Å². The Hall–Kier alpha value is -0.0100. The van der Waals surface area contributed by atoms with E-state index in [9.17, 15) is 0 Å². The third kappa shape index (κ3) is 2.72. The van der Waals surface area contributed by atoms with Crippen LogP contribution in [0.15, 0.2) is 11.6 Å². The van der Waals surface area contributed by atoms with E-state index in [0.29, 0.717) is 16.9 Å². The van der Waals surface area contributed by atoms with E-state index in [0.717, 1.165) is 0 Å². The molecule has 2 N–H and O–H groups in total. The van der Waals surface area contributed by atoms with E-state index in [1.54, 1.807) is 0 Å². The molecule has 0 spiro atoms. The van der Waals surface area contributed by atoms with Gasteiger partial charge in [-0.3, -0.25) is 0 Å². The van der Waals surface area contributed by atoms with E-state index in [4.69, 9.17) is 17.3 Å². The second-order valence-electron chi connectivity index (χ2n) is 2.95. The van der Waals surface area contributed by atoms with Crippen molar-refractivity contribution in [3.63, 3.8) is 0 Å². The van der Waals surface area contributed by atoms with E-state index >= 15 is 0 Å². The highest BCUT2D eigenvalue weighted by molar-refractivity contribution is 6.29. The summed E-state index contributed by atoms with van der Waals surface area (Å²) in [6.07, 6.45) is 0. The molecule has 2 heteroatoms. The molecule has 0 rings (SSSR count). The van der Waals surface area contributed by atoms with Gasteiger partial charge in [-0.05, 0) is 18.8 Å². The van der Waals surface area contributed by atoms with Gasteiger partial charge in [0.05, 0.1) is 0 Å². The van der Waals surface area contributed by atoms with E-state index in [-0.39, 0.29) is 6.04 Å². The Morgan fingerprint density at radius 3 is 1.90 bits per heavy atom. The molecule has 0 aromatic heterocycles. The van der Waals surface area contributed by atoms with E-state index < -0.39 is 0 Å². The van der Waals surface area contributed by atoms with Gasteiger partial charge in [0, 0.05) is 11.1 Å². The summed E-state index contributed by atoms with van der Waals surface area (Å²) < 4.78 is 0. The van der Waals surface area contributed by atoms with Gasteiger partial charge in [-0.15, -0.1) is 0 Å². The third-order valence-electron chi connectivity index (χ3n) is 2.11. The molecule has 10 heavy (non-hydrogen) atoms. The second-order valence-corrected chi connectivity index (χ2v) is 3.44. The molecule has 0 fully saturated rings. The van der Waals surface area contributed by atoms with Crippen LogP contribution in [0.1, 0.15) is 20.8 Å².